The van der Waals surface area contributed by atoms with Crippen LogP contribution in [0.5, 0.6) is 0 Å². The predicted octanol–water partition coefficient (Wildman–Crippen LogP) is -0.643. The summed E-state index contributed by atoms with van der Waals surface area (Å²) in [7, 11) is 1.23. The number of hydrazine groups is 1. The van der Waals surface area contributed by atoms with Crippen LogP contribution in [0.25, 0.3) is 0 Å². The average Bonchev–Trinajstić information content (AvgIpc) is 2.11. The van der Waals surface area contributed by atoms with Crippen LogP contribution in [-0.4, -0.2) is 25.2 Å². The summed E-state index contributed by atoms with van der Waals surface area (Å²) in [5.74, 6) is 4.44. The summed E-state index contributed by atoms with van der Waals surface area (Å²) in [6.07, 6.45) is -0.651. The van der Waals surface area contributed by atoms with Gasteiger partial charge in [0.2, 0.25) is 0 Å². The first-order valence-electron chi connectivity index (χ1n) is 3.87. The Kier molecular flexibility index (Phi) is 4.83. The maximum Gasteiger partial charge on any atom is 0.407 e. The van der Waals surface area contributed by atoms with Gasteiger partial charge in [0, 0.05) is 0 Å². The molecule has 13 heavy (non-hydrogen) atoms. The van der Waals surface area contributed by atoms with Crippen LogP contribution < -0.4 is 16.6 Å². The molecule has 1 atom stereocenters. The SMILES string of the molecule is COC(=O)NC(C(=O)NN)C(C)C. The predicted molar refractivity (Wildman–Crippen MR) is 46.5 cm³/mol. The third-order valence-corrected chi connectivity index (χ3v) is 1.55. The average molecular weight is 189 g/mol. The van der Waals surface area contributed by atoms with Gasteiger partial charge in [0.05, 0.1) is 7.11 Å². The molecule has 2 amide bonds. The van der Waals surface area contributed by atoms with Crippen molar-refractivity contribution in [2.45, 2.75) is 19.9 Å². The molecule has 1 unspecified atom stereocenters. The van der Waals surface area contributed by atoms with E-state index in [-0.39, 0.29) is 5.92 Å². The highest BCUT2D eigenvalue weighted by atomic mass is 16.5. The van der Waals surface area contributed by atoms with Crippen LogP contribution in [0.1, 0.15) is 13.8 Å². The van der Waals surface area contributed by atoms with Gasteiger partial charge in [0.15, 0.2) is 0 Å². The number of carbonyl (C=O) groups excluding carboxylic acids is 2. The Morgan fingerprint density at radius 3 is 2.23 bits per heavy atom. The van der Waals surface area contributed by atoms with Crippen molar-refractivity contribution < 1.29 is 14.3 Å². The fourth-order valence-corrected chi connectivity index (χ4v) is 0.811. The molecule has 0 bridgehead atoms. The molecule has 76 valence electrons. The van der Waals surface area contributed by atoms with E-state index >= 15 is 0 Å². The number of amides is 2. The van der Waals surface area contributed by atoms with Crippen molar-refractivity contribution in [1.29, 1.82) is 0 Å². The van der Waals surface area contributed by atoms with E-state index in [2.05, 4.69) is 10.1 Å². The zero-order chi connectivity index (χ0) is 10.4. The molecule has 0 aromatic carbocycles. The van der Waals surface area contributed by atoms with E-state index in [0.717, 1.165) is 0 Å². The monoisotopic (exact) mass is 189 g/mol. The molecule has 0 aliphatic heterocycles. The van der Waals surface area contributed by atoms with Gasteiger partial charge in [0.25, 0.3) is 5.91 Å². The lowest BCUT2D eigenvalue weighted by Gasteiger charge is -2.19. The van der Waals surface area contributed by atoms with Gasteiger partial charge < -0.3 is 10.1 Å². The molecule has 0 aromatic heterocycles. The summed E-state index contributed by atoms with van der Waals surface area (Å²) in [6.45, 7) is 3.58. The van der Waals surface area contributed by atoms with E-state index in [1.165, 1.54) is 7.11 Å². The number of ether oxygens (including phenoxy) is 1. The molecule has 0 heterocycles. The minimum Gasteiger partial charge on any atom is -0.453 e. The standard InChI is InChI=1S/C7H15N3O3/c1-4(2)5(6(11)10-8)9-7(12)13-3/h4-5H,8H2,1-3H3,(H,9,12)(H,10,11). The Morgan fingerprint density at radius 2 is 1.92 bits per heavy atom. The highest BCUT2D eigenvalue weighted by Crippen LogP contribution is 2.01. The highest BCUT2D eigenvalue weighted by molar-refractivity contribution is 5.85. The highest BCUT2D eigenvalue weighted by Gasteiger charge is 2.23. The van der Waals surface area contributed by atoms with E-state index < -0.39 is 18.0 Å². The Labute approximate surface area is 76.8 Å². The molecule has 6 nitrogen and oxygen atoms in total. The number of alkyl carbamates (subject to hydrolysis) is 1. The second kappa shape index (κ2) is 5.36. The molecule has 0 rings (SSSR count). The summed E-state index contributed by atoms with van der Waals surface area (Å²) in [4.78, 5) is 21.9. The largest absolute Gasteiger partial charge is 0.453 e. The molecular weight excluding hydrogens is 174 g/mol. The summed E-state index contributed by atoms with van der Waals surface area (Å²) < 4.78 is 4.35. The molecule has 0 aromatic rings. The maximum absolute atomic E-state index is 11.1. The lowest BCUT2D eigenvalue weighted by Crippen LogP contribution is -2.51. The van der Waals surface area contributed by atoms with Gasteiger partial charge in [-0.05, 0) is 5.92 Å². The van der Waals surface area contributed by atoms with Gasteiger partial charge in [-0.25, -0.2) is 10.6 Å². The van der Waals surface area contributed by atoms with Crippen LogP contribution in [-0.2, 0) is 9.53 Å². The zero-order valence-corrected chi connectivity index (χ0v) is 7.96. The van der Waals surface area contributed by atoms with Crippen LogP contribution in [0.2, 0.25) is 0 Å². The van der Waals surface area contributed by atoms with Crippen molar-refractivity contribution >= 4 is 12.0 Å². The molecule has 0 aliphatic rings. The molecule has 0 radical (unpaired) electrons. The second-order valence-corrected chi connectivity index (χ2v) is 2.87. The Hall–Kier alpha value is -1.30. The lowest BCUT2D eigenvalue weighted by molar-refractivity contribution is -0.124. The van der Waals surface area contributed by atoms with E-state index in [1.54, 1.807) is 13.8 Å². The number of methoxy groups -OCH3 is 1. The Morgan fingerprint density at radius 1 is 1.38 bits per heavy atom. The molecule has 4 N–H and O–H groups in total. The van der Waals surface area contributed by atoms with Crippen molar-refractivity contribution in [3.63, 3.8) is 0 Å². The van der Waals surface area contributed by atoms with Crippen LogP contribution in [0.15, 0.2) is 0 Å². The molecule has 0 saturated carbocycles. The Bertz CT molecular complexity index is 193. The van der Waals surface area contributed by atoms with E-state index in [1.807, 2.05) is 5.43 Å². The zero-order valence-electron chi connectivity index (χ0n) is 7.96. The topological polar surface area (TPSA) is 93.4 Å². The van der Waals surface area contributed by atoms with Crippen molar-refractivity contribution in [3.05, 3.63) is 0 Å². The maximum atomic E-state index is 11.1. The quantitative estimate of drug-likeness (QED) is 0.312. The van der Waals surface area contributed by atoms with E-state index in [9.17, 15) is 9.59 Å². The molecule has 0 spiro atoms. The van der Waals surface area contributed by atoms with Crippen LogP contribution in [0.4, 0.5) is 4.79 Å². The number of rotatable bonds is 3. The van der Waals surface area contributed by atoms with Gasteiger partial charge in [-0.3, -0.25) is 10.2 Å². The summed E-state index contributed by atoms with van der Waals surface area (Å²) >= 11 is 0. The third kappa shape index (κ3) is 3.75. The van der Waals surface area contributed by atoms with Crippen molar-refractivity contribution in [2.75, 3.05) is 7.11 Å². The lowest BCUT2D eigenvalue weighted by atomic mass is 10.0. The number of hydrogen-bond acceptors (Lipinski definition) is 4. The first-order chi connectivity index (χ1) is 6.02. The second-order valence-electron chi connectivity index (χ2n) is 2.87. The van der Waals surface area contributed by atoms with Gasteiger partial charge in [-0.1, -0.05) is 13.8 Å². The van der Waals surface area contributed by atoms with Gasteiger partial charge in [-0.2, -0.15) is 0 Å². The summed E-state index contributed by atoms with van der Waals surface area (Å²) in [5.41, 5.74) is 1.97. The minimum absolute atomic E-state index is 0.0531. The molecule has 0 fully saturated rings. The van der Waals surface area contributed by atoms with Gasteiger partial charge >= 0.3 is 6.09 Å². The number of nitrogens with two attached hydrogens (primary N) is 1. The smallest absolute Gasteiger partial charge is 0.407 e. The summed E-state index contributed by atoms with van der Waals surface area (Å²) in [6, 6.07) is -0.669. The first kappa shape index (κ1) is 11.7. The fraction of sp³-hybridized carbons (Fsp3) is 0.714. The van der Waals surface area contributed by atoms with E-state index in [0.29, 0.717) is 0 Å². The van der Waals surface area contributed by atoms with Crippen molar-refractivity contribution in [1.82, 2.24) is 10.7 Å². The third-order valence-electron chi connectivity index (χ3n) is 1.55. The molecule has 0 saturated heterocycles. The van der Waals surface area contributed by atoms with E-state index in [4.69, 9.17) is 5.84 Å². The molecular formula is C7H15N3O3. The molecule has 0 aliphatic carbocycles. The number of carbonyl (C=O) groups is 2. The fourth-order valence-electron chi connectivity index (χ4n) is 0.811. The molecule has 6 heteroatoms. The van der Waals surface area contributed by atoms with Crippen LogP contribution in [0, 0.1) is 5.92 Å². The van der Waals surface area contributed by atoms with Crippen LogP contribution in [0.3, 0.4) is 0 Å². The Balaban J connectivity index is 4.26. The first-order valence-corrected chi connectivity index (χ1v) is 3.87. The van der Waals surface area contributed by atoms with Crippen molar-refractivity contribution in [3.8, 4) is 0 Å². The van der Waals surface area contributed by atoms with Crippen molar-refractivity contribution in [2.24, 2.45) is 11.8 Å². The summed E-state index contributed by atoms with van der Waals surface area (Å²) in [5, 5.41) is 2.36. The van der Waals surface area contributed by atoms with Gasteiger partial charge in [0.1, 0.15) is 6.04 Å². The van der Waals surface area contributed by atoms with Gasteiger partial charge in [-0.15, -0.1) is 0 Å². The minimum atomic E-state index is -0.669. The number of nitrogens with one attached hydrogen (secondary N) is 2. The number of hydrogen-bond donors (Lipinski definition) is 3. The normalized spacial score (nSPS) is 12.1. The van der Waals surface area contributed by atoms with Crippen LogP contribution >= 0.6 is 0 Å².